The molecular formula is C8H16N2O3. The zero-order valence-electron chi connectivity index (χ0n) is 7.43. The predicted octanol–water partition coefficient (Wildman–Crippen LogP) is -2.30. The first-order valence-electron chi connectivity index (χ1n) is 4.72. The number of rotatable bonds is 0. The van der Waals surface area contributed by atoms with Gasteiger partial charge in [-0.1, -0.05) is 0 Å². The summed E-state index contributed by atoms with van der Waals surface area (Å²) in [7, 11) is 0. The van der Waals surface area contributed by atoms with E-state index in [9.17, 15) is 15.3 Å². The third-order valence-corrected chi connectivity index (χ3v) is 2.86. The summed E-state index contributed by atoms with van der Waals surface area (Å²) >= 11 is 0. The lowest BCUT2D eigenvalue weighted by atomic mass is 9.97. The van der Waals surface area contributed by atoms with Gasteiger partial charge in [0.25, 0.3) is 0 Å². The molecule has 13 heavy (non-hydrogen) atoms. The summed E-state index contributed by atoms with van der Waals surface area (Å²) in [5.41, 5.74) is 0. The summed E-state index contributed by atoms with van der Waals surface area (Å²) in [4.78, 5) is 1.98. The van der Waals surface area contributed by atoms with Crippen LogP contribution >= 0.6 is 0 Å². The van der Waals surface area contributed by atoms with E-state index in [-0.39, 0.29) is 6.17 Å². The number of hydrogen-bond acceptors (Lipinski definition) is 5. The summed E-state index contributed by atoms with van der Waals surface area (Å²) in [6, 6.07) is 0. The molecule has 2 rings (SSSR count). The van der Waals surface area contributed by atoms with Crippen molar-refractivity contribution in [2.45, 2.75) is 30.9 Å². The molecule has 4 atom stereocenters. The molecule has 0 amide bonds. The second-order valence-electron chi connectivity index (χ2n) is 3.80. The van der Waals surface area contributed by atoms with E-state index in [1.807, 2.05) is 4.90 Å². The van der Waals surface area contributed by atoms with Gasteiger partial charge in [-0.15, -0.1) is 0 Å². The molecule has 5 nitrogen and oxygen atoms in total. The summed E-state index contributed by atoms with van der Waals surface area (Å²) in [5, 5.41) is 31.6. The molecule has 0 aromatic rings. The van der Waals surface area contributed by atoms with Gasteiger partial charge in [0.15, 0.2) is 0 Å². The van der Waals surface area contributed by atoms with Crippen molar-refractivity contribution < 1.29 is 15.3 Å². The van der Waals surface area contributed by atoms with Crippen molar-refractivity contribution in [3.05, 3.63) is 0 Å². The highest BCUT2D eigenvalue weighted by Crippen LogP contribution is 2.19. The Labute approximate surface area is 77.0 Å². The first-order chi connectivity index (χ1) is 6.20. The van der Waals surface area contributed by atoms with Crippen LogP contribution in [0.15, 0.2) is 0 Å². The minimum atomic E-state index is -1.02. The molecule has 0 spiro atoms. The Hall–Kier alpha value is -0.200. The van der Waals surface area contributed by atoms with Crippen molar-refractivity contribution in [3.63, 3.8) is 0 Å². The first-order valence-corrected chi connectivity index (χ1v) is 4.72. The maximum Gasteiger partial charge on any atom is 0.111 e. The van der Waals surface area contributed by atoms with E-state index < -0.39 is 18.3 Å². The van der Waals surface area contributed by atoms with Crippen molar-refractivity contribution in [1.29, 1.82) is 0 Å². The number of fused-ring (bicyclic) bond motifs is 1. The molecule has 2 aliphatic heterocycles. The summed E-state index contributed by atoms with van der Waals surface area (Å²) in [6.45, 7) is 2.18. The molecule has 76 valence electrons. The van der Waals surface area contributed by atoms with Crippen molar-refractivity contribution in [3.8, 4) is 0 Å². The molecule has 4 unspecified atom stereocenters. The second kappa shape index (κ2) is 3.51. The van der Waals surface area contributed by atoms with Gasteiger partial charge in [-0.3, -0.25) is 10.2 Å². The Kier molecular flexibility index (Phi) is 2.53. The van der Waals surface area contributed by atoms with Gasteiger partial charge >= 0.3 is 0 Å². The third kappa shape index (κ3) is 1.58. The monoisotopic (exact) mass is 188 g/mol. The molecular weight excluding hydrogens is 172 g/mol. The number of nitrogens with one attached hydrogen (secondary N) is 1. The number of hydrogen-bond donors (Lipinski definition) is 4. The fourth-order valence-electron chi connectivity index (χ4n) is 2.10. The van der Waals surface area contributed by atoms with Crippen LogP contribution in [0.4, 0.5) is 0 Å². The highest BCUT2D eigenvalue weighted by molar-refractivity contribution is 4.94. The summed E-state index contributed by atoms with van der Waals surface area (Å²) < 4.78 is 0. The van der Waals surface area contributed by atoms with Crippen molar-refractivity contribution in [2.24, 2.45) is 0 Å². The van der Waals surface area contributed by atoms with Crippen LogP contribution in [0.3, 0.4) is 0 Å². The lowest BCUT2D eigenvalue weighted by Gasteiger charge is -2.46. The van der Waals surface area contributed by atoms with E-state index in [2.05, 4.69) is 5.32 Å². The summed E-state index contributed by atoms with van der Waals surface area (Å²) in [6.07, 6.45) is -1.90. The Morgan fingerprint density at radius 2 is 1.92 bits per heavy atom. The number of aliphatic hydroxyl groups excluding tert-OH is 3. The molecule has 0 saturated carbocycles. The highest BCUT2D eigenvalue weighted by Gasteiger charge is 2.41. The van der Waals surface area contributed by atoms with Crippen LogP contribution in [0.2, 0.25) is 0 Å². The molecule has 2 aliphatic rings. The largest absolute Gasteiger partial charge is 0.389 e. The van der Waals surface area contributed by atoms with Gasteiger partial charge in [0.05, 0.1) is 12.3 Å². The minimum absolute atomic E-state index is 0.188. The van der Waals surface area contributed by atoms with E-state index in [0.717, 1.165) is 19.5 Å². The molecule has 2 heterocycles. The quantitative estimate of drug-likeness (QED) is 0.344. The normalized spacial score (nSPS) is 47.3. The number of aliphatic hydroxyl groups is 3. The third-order valence-electron chi connectivity index (χ3n) is 2.86. The molecule has 0 bridgehead atoms. The van der Waals surface area contributed by atoms with E-state index in [0.29, 0.717) is 6.54 Å². The van der Waals surface area contributed by atoms with Gasteiger partial charge < -0.3 is 15.3 Å². The van der Waals surface area contributed by atoms with Crippen LogP contribution in [-0.4, -0.2) is 64.3 Å². The molecule has 0 aromatic heterocycles. The summed E-state index contributed by atoms with van der Waals surface area (Å²) in [5.74, 6) is 0. The van der Waals surface area contributed by atoms with E-state index in [4.69, 9.17) is 0 Å². The van der Waals surface area contributed by atoms with Gasteiger partial charge in [-0.05, 0) is 13.0 Å². The molecule has 2 saturated heterocycles. The molecule has 2 fully saturated rings. The smallest absolute Gasteiger partial charge is 0.111 e. The SMILES string of the molecule is OC1CN2CCCNC2C(O)C1O. The van der Waals surface area contributed by atoms with Crippen LogP contribution in [0.25, 0.3) is 0 Å². The second-order valence-corrected chi connectivity index (χ2v) is 3.80. The number of piperidine rings is 1. The molecule has 0 radical (unpaired) electrons. The Morgan fingerprint density at radius 3 is 2.69 bits per heavy atom. The number of nitrogens with zero attached hydrogens (tertiary/aromatic N) is 1. The minimum Gasteiger partial charge on any atom is -0.389 e. The van der Waals surface area contributed by atoms with E-state index >= 15 is 0 Å². The van der Waals surface area contributed by atoms with Gasteiger partial charge in [-0.25, -0.2) is 0 Å². The van der Waals surface area contributed by atoms with Crippen LogP contribution < -0.4 is 5.32 Å². The average Bonchev–Trinajstić information content (AvgIpc) is 2.15. The van der Waals surface area contributed by atoms with Crippen molar-refractivity contribution >= 4 is 0 Å². The van der Waals surface area contributed by atoms with Crippen LogP contribution in [0.1, 0.15) is 6.42 Å². The lowest BCUT2D eigenvalue weighted by molar-refractivity contribution is -0.149. The average molecular weight is 188 g/mol. The van der Waals surface area contributed by atoms with Gasteiger partial charge in [-0.2, -0.15) is 0 Å². The first kappa shape index (κ1) is 9.36. The zero-order valence-corrected chi connectivity index (χ0v) is 7.43. The molecule has 0 aromatic carbocycles. The van der Waals surface area contributed by atoms with E-state index in [1.54, 1.807) is 0 Å². The van der Waals surface area contributed by atoms with Crippen LogP contribution in [0.5, 0.6) is 0 Å². The fraction of sp³-hybridized carbons (Fsp3) is 1.00. The Balaban J connectivity index is 2.08. The maximum absolute atomic E-state index is 9.63. The van der Waals surface area contributed by atoms with Gasteiger partial charge in [0, 0.05) is 13.1 Å². The van der Waals surface area contributed by atoms with E-state index in [1.165, 1.54) is 0 Å². The lowest BCUT2D eigenvalue weighted by Crippen LogP contribution is -2.68. The standard InChI is InChI=1S/C8H16N2O3/c11-5-4-10-3-1-2-9-8(10)7(13)6(5)12/h5-9,11-13H,1-4H2. The highest BCUT2D eigenvalue weighted by atomic mass is 16.4. The molecule has 5 heteroatoms. The van der Waals surface area contributed by atoms with Gasteiger partial charge in [0.2, 0.25) is 0 Å². The maximum atomic E-state index is 9.63. The Bertz CT molecular complexity index is 188. The van der Waals surface area contributed by atoms with Crippen molar-refractivity contribution in [2.75, 3.05) is 19.6 Å². The molecule has 4 N–H and O–H groups in total. The van der Waals surface area contributed by atoms with Crippen LogP contribution in [0, 0.1) is 0 Å². The van der Waals surface area contributed by atoms with Crippen molar-refractivity contribution in [1.82, 2.24) is 10.2 Å². The van der Waals surface area contributed by atoms with Gasteiger partial charge in [0.1, 0.15) is 12.2 Å². The fourth-order valence-corrected chi connectivity index (χ4v) is 2.10. The topological polar surface area (TPSA) is 76.0 Å². The predicted molar refractivity (Wildman–Crippen MR) is 46.0 cm³/mol. The van der Waals surface area contributed by atoms with Crippen LogP contribution in [-0.2, 0) is 0 Å². The molecule has 0 aliphatic carbocycles. The zero-order chi connectivity index (χ0) is 9.42. The Morgan fingerprint density at radius 1 is 1.15 bits per heavy atom.